The maximum atomic E-state index is 13.2. The topological polar surface area (TPSA) is 105 Å². The highest BCUT2D eigenvalue weighted by molar-refractivity contribution is 6.03. The number of carbonyl (C=O) groups excluding carboxylic acids is 2. The minimum absolute atomic E-state index is 0.0110. The predicted molar refractivity (Wildman–Crippen MR) is 115 cm³/mol. The zero-order valence-electron chi connectivity index (χ0n) is 19.3. The number of esters is 1. The molecule has 0 saturated carbocycles. The molecule has 3 heterocycles. The van der Waals surface area contributed by atoms with Crippen LogP contribution in [0.25, 0.3) is 0 Å². The van der Waals surface area contributed by atoms with Gasteiger partial charge in [0.15, 0.2) is 11.6 Å². The number of ether oxygens (including phenoxy) is 1. The molecule has 9 heteroatoms. The van der Waals surface area contributed by atoms with E-state index in [2.05, 4.69) is 24.9 Å². The number of rotatable bonds is 8. The normalized spacial score (nSPS) is 16.6. The first-order chi connectivity index (χ1) is 14.7. The number of Topliss-reactive ketones (excluding diaryl/α,β-unsaturated/α-hetero) is 1. The van der Waals surface area contributed by atoms with E-state index in [0.717, 1.165) is 32.0 Å². The number of piperazine rings is 1. The number of H-pyrrole nitrogens is 1. The molecule has 1 aliphatic heterocycles. The summed E-state index contributed by atoms with van der Waals surface area (Å²) < 4.78 is 10.5. The van der Waals surface area contributed by atoms with Crippen molar-refractivity contribution in [2.24, 2.45) is 0 Å². The molecule has 3 rings (SSSR count). The Morgan fingerprint density at radius 3 is 2.42 bits per heavy atom. The van der Waals surface area contributed by atoms with Crippen molar-refractivity contribution in [2.45, 2.75) is 60.0 Å². The van der Waals surface area contributed by atoms with Gasteiger partial charge in [0.05, 0.1) is 30.5 Å². The average Bonchev–Trinajstić information content (AvgIpc) is 3.32. The highest BCUT2D eigenvalue weighted by Gasteiger charge is 2.30. The summed E-state index contributed by atoms with van der Waals surface area (Å²) in [6.07, 6.45) is 0. The van der Waals surface area contributed by atoms with Crippen molar-refractivity contribution in [1.29, 1.82) is 0 Å². The summed E-state index contributed by atoms with van der Waals surface area (Å²) in [6, 6.07) is -0.287. The van der Waals surface area contributed by atoms with E-state index >= 15 is 0 Å². The van der Waals surface area contributed by atoms with Gasteiger partial charge in [-0.3, -0.25) is 14.6 Å². The number of hydrogen-bond donors (Lipinski definition) is 1. The fraction of sp³-hybridized carbons (Fsp3) is 0.636. The van der Waals surface area contributed by atoms with Crippen molar-refractivity contribution < 1.29 is 18.8 Å². The molecule has 170 valence electrons. The third-order valence-electron chi connectivity index (χ3n) is 5.86. The van der Waals surface area contributed by atoms with Crippen LogP contribution >= 0.6 is 0 Å². The summed E-state index contributed by atoms with van der Waals surface area (Å²) in [6.45, 7) is 15.4. The Morgan fingerprint density at radius 1 is 1.16 bits per heavy atom. The summed E-state index contributed by atoms with van der Waals surface area (Å²) in [7, 11) is 0. The Labute approximate surface area is 183 Å². The predicted octanol–water partition coefficient (Wildman–Crippen LogP) is 2.70. The number of hydrogen-bond acceptors (Lipinski definition) is 8. The molecular formula is C22H33N5O4. The van der Waals surface area contributed by atoms with Gasteiger partial charge in [-0.2, -0.15) is 4.98 Å². The zero-order valence-corrected chi connectivity index (χ0v) is 19.3. The van der Waals surface area contributed by atoms with Crippen molar-refractivity contribution >= 4 is 11.8 Å². The quantitative estimate of drug-likeness (QED) is 0.502. The van der Waals surface area contributed by atoms with Gasteiger partial charge in [0.1, 0.15) is 0 Å². The molecule has 1 saturated heterocycles. The van der Waals surface area contributed by atoms with E-state index in [1.165, 1.54) is 0 Å². The maximum Gasteiger partial charge on any atom is 0.340 e. The second-order valence-electron chi connectivity index (χ2n) is 8.40. The number of nitrogens with zero attached hydrogens (tertiary/aromatic N) is 4. The first-order valence-electron chi connectivity index (χ1n) is 10.9. The third-order valence-corrected chi connectivity index (χ3v) is 5.86. The molecule has 0 spiro atoms. The standard InChI is InChI=1S/C22H33N5O4/c1-7-30-22(29)18-14(4)19(23-15(18)5)20(28)16(6)27-10-8-26(9-11-27)12-17-24-21(13(2)3)25-31-17/h13,16,23H,7-12H2,1-6H3. The largest absolute Gasteiger partial charge is 0.462 e. The number of carbonyl (C=O) groups is 2. The van der Waals surface area contributed by atoms with Gasteiger partial charge in [-0.25, -0.2) is 4.79 Å². The van der Waals surface area contributed by atoms with E-state index in [9.17, 15) is 9.59 Å². The SMILES string of the molecule is CCOC(=O)c1c(C)[nH]c(C(=O)C(C)N2CCN(Cc3nc(C(C)C)no3)CC2)c1C. The van der Waals surface area contributed by atoms with Gasteiger partial charge < -0.3 is 14.2 Å². The van der Waals surface area contributed by atoms with E-state index < -0.39 is 5.97 Å². The fourth-order valence-electron chi connectivity index (χ4n) is 3.95. The lowest BCUT2D eigenvalue weighted by Crippen LogP contribution is -2.51. The van der Waals surface area contributed by atoms with E-state index in [0.29, 0.717) is 41.6 Å². The smallest absolute Gasteiger partial charge is 0.340 e. The van der Waals surface area contributed by atoms with Crippen molar-refractivity contribution in [1.82, 2.24) is 24.9 Å². The number of aromatic nitrogens is 3. The molecule has 1 unspecified atom stereocenters. The number of nitrogens with one attached hydrogen (secondary N) is 1. The molecule has 1 aliphatic rings. The lowest BCUT2D eigenvalue weighted by molar-refractivity contribution is 0.0525. The van der Waals surface area contributed by atoms with Crippen molar-refractivity contribution in [3.8, 4) is 0 Å². The molecule has 1 atom stereocenters. The van der Waals surface area contributed by atoms with Crippen LogP contribution in [0.1, 0.15) is 77.4 Å². The first-order valence-corrected chi connectivity index (χ1v) is 10.9. The van der Waals surface area contributed by atoms with Crippen LogP contribution in [0.5, 0.6) is 0 Å². The molecule has 0 radical (unpaired) electrons. The zero-order chi connectivity index (χ0) is 22.7. The Balaban J connectivity index is 1.60. The van der Waals surface area contributed by atoms with Crippen molar-refractivity contribution in [2.75, 3.05) is 32.8 Å². The van der Waals surface area contributed by atoms with Crippen molar-refractivity contribution in [3.63, 3.8) is 0 Å². The average molecular weight is 432 g/mol. The first kappa shape index (κ1) is 23.1. The molecule has 1 fully saturated rings. The third kappa shape index (κ3) is 5.04. The van der Waals surface area contributed by atoms with E-state index in [4.69, 9.17) is 9.26 Å². The molecule has 31 heavy (non-hydrogen) atoms. The molecule has 9 nitrogen and oxygen atoms in total. The second-order valence-corrected chi connectivity index (χ2v) is 8.40. The Bertz CT molecular complexity index is 924. The second kappa shape index (κ2) is 9.74. The highest BCUT2D eigenvalue weighted by atomic mass is 16.5. The van der Waals surface area contributed by atoms with Crippen LogP contribution in [0.3, 0.4) is 0 Å². The van der Waals surface area contributed by atoms with Crippen LogP contribution in [0.2, 0.25) is 0 Å². The van der Waals surface area contributed by atoms with Gasteiger partial charge in [-0.15, -0.1) is 0 Å². The fourth-order valence-corrected chi connectivity index (χ4v) is 3.95. The van der Waals surface area contributed by atoms with Gasteiger partial charge in [-0.1, -0.05) is 19.0 Å². The molecule has 1 N–H and O–H groups in total. The van der Waals surface area contributed by atoms with Gasteiger partial charge in [0.2, 0.25) is 5.89 Å². The van der Waals surface area contributed by atoms with E-state index in [1.54, 1.807) is 20.8 Å². The van der Waals surface area contributed by atoms with Crippen LogP contribution in [0, 0.1) is 13.8 Å². The number of aryl methyl sites for hydroxylation is 1. The summed E-state index contributed by atoms with van der Waals surface area (Å²) in [4.78, 5) is 37.4. The molecule has 2 aromatic heterocycles. The summed E-state index contributed by atoms with van der Waals surface area (Å²) in [5.41, 5.74) is 2.27. The summed E-state index contributed by atoms with van der Waals surface area (Å²) in [5, 5.41) is 4.02. The molecule has 0 aliphatic carbocycles. The van der Waals surface area contributed by atoms with Crippen LogP contribution in [0.15, 0.2) is 4.52 Å². The Kier molecular flexibility index (Phi) is 7.27. The van der Waals surface area contributed by atoms with Crippen LogP contribution < -0.4 is 0 Å². The van der Waals surface area contributed by atoms with E-state index in [-0.39, 0.29) is 17.7 Å². The van der Waals surface area contributed by atoms with Crippen molar-refractivity contribution in [3.05, 3.63) is 34.2 Å². The van der Waals surface area contributed by atoms with Gasteiger partial charge in [0, 0.05) is 37.8 Å². The van der Waals surface area contributed by atoms with Gasteiger partial charge in [-0.05, 0) is 33.3 Å². The Morgan fingerprint density at radius 2 is 1.84 bits per heavy atom. The van der Waals surface area contributed by atoms with Crippen LogP contribution in [0.4, 0.5) is 0 Å². The van der Waals surface area contributed by atoms with Crippen LogP contribution in [-0.2, 0) is 11.3 Å². The highest BCUT2D eigenvalue weighted by Crippen LogP contribution is 2.22. The van der Waals surface area contributed by atoms with Gasteiger partial charge in [0.25, 0.3) is 0 Å². The Hall–Kier alpha value is -2.52. The molecule has 0 bridgehead atoms. The minimum Gasteiger partial charge on any atom is -0.462 e. The molecule has 0 amide bonds. The lowest BCUT2D eigenvalue weighted by atomic mass is 10.0. The lowest BCUT2D eigenvalue weighted by Gasteiger charge is -2.36. The summed E-state index contributed by atoms with van der Waals surface area (Å²) in [5.74, 6) is 1.20. The summed E-state index contributed by atoms with van der Waals surface area (Å²) >= 11 is 0. The number of ketones is 1. The van der Waals surface area contributed by atoms with Crippen LogP contribution in [-0.4, -0.2) is 75.5 Å². The monoisotopic (exact) mass is 431 g/mol. The molecule has 0 aromatic carbocycles. The van der Waals surface area contributed by atoms with E-state index in [1.807, 2.05) is 20.8 Å². The molecular weight excluding hydrogens is 398 g/mol. The molecule has 2 aromatic rings. The minimum atomic E-state index is -0.393. The van der Waals surface area contributed by atoms with Gasteiger partial charge >= 0.3 is 5.97 Å². The maximum absolute atomic E-state index is 13.2. The number of aromatic amines is 1.